The quantitative estimate of drug-likeness (QED) is 0.350. The number of nitrogens with zero attached hydrogens (tertiary/aromatic N) is 1. The number of benzene rings is 3. The Hall–Kier alpha value is -2.72. The van der Waals surface area contributed by atoms with Gasteiger partial charge in [0, 0.05) is 18.2 Å². The first kappa shape index (κ1) is 19.6. The minimum absolute atomic E-state index is 0. The molecule has 26 heavy (non-hydrogen) atoms. The van der Waals surface area contributed by atoms with Gasteiger partial charge in [-0.25, -0.2) is 0 Å². The number of fused-ring (bicyclic) bond motifs is 1. The minimum Gasteiger partial charge on any atom is -0.397 e. The van der Waals surface area contributed by atoms with Crippen LogP contribution in [0, 0.1) is 0 Å². The minimum atomic E-state index is 0. The molecule has 0 unspecified atom stereocenters. The van der Waals surface area contributed by atoms with Crippen LogP contribution in [-0.2, 0) is 6.54 Å². The number of rotatable bonds is 5. The molecule has 0 amide bonds. The summed E-state index contributed by atoms with van der Waals surface area (Å²) in [6.45, 7) is 4.70. The van der Waals surface area contributed by atoms with Crippen LogP contribution in [-0.4, -0.2) is 11.9 Å². The molecule has 0 fully saturated rings. The summed E-state index contributed by atoms with van der Waals surface area (Å²) in [5.41, 5.74) is 15.9. The van der Waals surface area contributed by atoms with Crippen LogP contribution in [0.1, 0.15) is 25.0 Å². The average Bonchev–Trinajstić information content (AvgIpc) is 2.60. The molecule has 0 radical (unpaired) electrons. The molecule has 0 heterocycles. The molecule has 5 heteroatoms. The summed E-state index contributed by atoms with van der Waals surface area (Å²) in [4.78, 5) is 4.36. The van der Waals surface area contributed by atoms with E-state index in [-0.39, 0.29) is 18.4 Å². The fourth-order valence-electron chi connectivity index (χ4n) is 2.87. The van der Waals surface area contributed by atoms with Crippen molar-refractivity contribution in [2.24, 2.45) is 10.7 Å². The highest BCUT2D eigenvalue weighted by molar-refractivity contribution is 5.99. The van der Waals surface area contributed by atoms with Crippen molar-refractivity contribution in [1.82, 2.24) is 0 Å². The molecule has 136 valence electrons. The zero-order chi connectivity index (χ0) is 17.8. The highest BCUT2D eigenvalue weighted by atomic mass is 35.5. The van der Waals surface area contributed by atoms with Crippen molar-refractivity contribution in [2.45, 2.75) is 26.4 Å². The van der Waals surface area contributed by atoms with Gasteiger partial charge in [0.2, 0.25) is 0 Å². The summed E-state index contributed by atoms with van der Waals surface area (Å²) in [6.07, 6.45) is 0. The number of aliphatic imine (C=N–C) groups is 1. The molecule has 3 aromatic carbocycles. The Morgan fingerprint density at radius 1 is 1.04 bits per heavy atom. The molecule has 0 aliphatic carbocycles. The van der Waals surface area contributed by atoms with E-state index in [1.807, 2.05) is 32.0 Å². The molecule has 0 aliphatic heterocycles. The molecule has 3 rings (SSSR count). The average molecular weight is 369 g/mol. The maximum Gasteiger partial charge on any atom is 0.125 e. The molecular weight excluding hydrogens is 344 g/mol. The predicted octanol–water partition coefficient (Wildman–Crippen LogP) is 4.57. The van der Waals surface area contributed by atoms with Crippen LogP contribution in [0.2, 0.25) is 0 Å². The second-order valence-electron chi connectivity index (χ2n) is 6.40. The van der Waals surface area contributed by atoms with Crippen LogP contribution in [0.4, 0.5) is 11.4 Å². The zero-order valence-electron chi connectivity index (χ0n) is 15.1. The number of halogens is 1. The standard InChI is InChI=1S/C21H24N4.ClH/c1-14(2)25-21(23)16-10-11-20(19(22)12-16)24-13-17-8-5-7-15-6-3-4-9-18(15)17;/h3-12,14,24H,13,22H2,1-2H3,(H2,23,25);1H. The van der Waals surface area contributed by atoms with E-state index in [9.17, 15) is 0 Å². The summed E-state index contributed by atoms with van der Waals surface area (Å²) < 4.78 is 0. The van der Waals surface area contributed by atoms with Gasteiger partial charge in [-0.3, -0.25) is 4.99 Å². The van der Waals surface area contributed by atoms with Crippen LogP contribution >= 0.6 is 12.4 Å². The Morgan fingerprint density at radius 2 is 1.77 bits per heavy atom. The summed E-state index contributed by atoms with van der Waals surface area (Å²) in [6, 6.07) is 20.6. The Bertz CT molecular complexity index is 914. The summed E-state index contributed by atoms with van der Waals surface area (Å²) in [5.74, 6) is 0.516. The maximum atomic E-state index is 6.19. The zero-order valence-corrected chi connectivity index (χ0v) is 15.9. The Morgan fingerprint density at radius 3 is 2.50 bits per heavy atom. The van der Waals surface area contributed by atoms with Gasteiger partial charge in [0.1, 0.15) is 5.84 Å². The summed E-state index contributed by atoms with van der Waals surface area (Å²) >= 11 is 0. The van der Waals surface area contributed by atoms with Gasteiger partial charge in [-0.15, -0.1) is 12.4 Å². The normalized spacial score (nSPS) is 11.4. The lowest BCUT2D eigenvalue weighted by molar-refractivity contribution is 0.834. The number of nitrogen functional groups attached to an aromatic ring is 1. The summed E-state index contributed by atoms with van der Waals surface area (Å²) in [7, 11) is 0. The molecule has 0 saturated heterocycles. The molecule has 0 saturated carbocycles. The van der Waals surface area contributed by atoms with Crippen LogP contribution < -0.4 is 16.8 Å². The first-order valence-electron chi connectivity index (χ1n) is 8.48. The predicted molar refractivity (Wildman–Crippen MR) is 115 cm³/mol. The van der Waals surface area contributed by atoms with Crippen molar-refractivity contribution >= 4 is 40.4 Å². The third-order valence-corrected chi connectivity index (χ3v) is 4.09. The number of anilines is 2. The number of hydrogen-bond donors (Lipinski definition) is 3. The number of amidine groups is 1. The van der Waals surface area contributed by atoms with Gasteiger partial charge in [0.15, 0.2) is 0 Å². The van der Waals surface area contributed by atoms with E-state index in [4.69, 9.17) is 11.5 Å². The fourth-order valence-corrected chi connectivity index (χ4v) is 2.87. The van der Waals surface area contributed by atoms with E-state index in [0.29, 0.717) is 18.1 Å². The van der Waals surface area contributed by atoms with E-state index in [1.165, 1.54) is 16.3 Å². The Labute approximate surface area is 160 Å². The van der Waals surface area contributed by atoms with Gasteiger partial charge < -0.3 is 16.8 Å². The molecule has 3 aromatic rings. The molecule has 0 aliphatic rings. The van der Waals surface area contributed by atoms with E-state index >= 15 is 0 Å². The molecule has 4 nitrogen and oxygen atoms in total. The SMILES string of the molecule is CC(C)N=C(N)c1ccc(NCc2cccc3ccccc23)c(N)c1.Cl. The van der Waals surface area contributed by atoms with E-state index < -0.39 is 0 Å². The van der Waals surface area contributed by atoms with Gasteiger partial charge in [0.25, 0.3) is 0 Å². The molecule has 5 N–H and O–H groups in total. The number of hydrogen-bond acceptors (Lipinski definition) is 3. The van der Waals surface area contributed by atoms with Crippen molar-refractivity contribution in [2.75, 3.05) is 11.1 Å². The van der Waals surface area contributed by atoms with Crippen LogP contribution in [0.3, 0.4) is 0 Å². The van der Waals surface area contributed by atoms with Gasteiger partial charge in [-0.1, -0.05) is 42.5 Å². The lowest BCUT2D eigenvalue weighted by Crippen LogP contribution is -2.16. The van der Waals surface area contributed by atoms with Gasteiger partial charge in [-0.05, 0) is 48.4 Å². The monoisotopic (exact) mass is 368 g/mol. The highest BCUT2D eigenvalue weighted by Crippen LogP contribution is 2.23. The van der Waals surface area contributed by atoms with Crippen molar-refractivity contribution in [1.29, 1.82) is 0 Å². The van der Waals surface area contributed by atoms with Crippen LogP contribution in [0.15, 0.2) is 65.7 Å². The van der Waals surface area contributed by atoms with Crippen molar-refractivity contribution < 1.29 is 0 Å². The topological polar surface area (TPSA) is 76.4 Å². The van der Waals surface area contributed by atoms with Gasteiger partial charge in [0.05, 0.1) is 11.4 Å². The highest BCUT2D eigenvalue weighted by Gasteiger charge is 2.06. The molecule has 0 spiro atoms. The van der Waals surface area contributed by atoms with Crippen LogP contribution in [0.25, 0.3) is 10.8 Å². The summed E-state index contributed by atoms with van der Waals surface area (Å²) in [5, 5.41) is 5.91. The lowest BCUT2D eigenvalue weighted by atomic mass is 10.0. The van der Waals surface area contributed by atoms with Crippen molar-refractivity contribution in [3.8, 4) is 0 Å². The molecule has 0 atom stereocenters. The number of nitrogens with two attached hydrogens (primary N) is 2. The van der Waals surface area contributed by atoms with Crippen molar-refractivity contribution in [3.05, 3.63) is 71.8 Å². The Kier molecular flexibility index (Phi) is 6.47. The van der Waals surface area contributed by atoms with Crippen molar-refractivity contribution in [3.63, 3.8) is 0 Å². The Balaban J connectivity index is 0.00000243. The number of nitrogens with one attached hydrogen (secondary N) is 1. The molecule has 0 bridgehead atoms. The second-order valence-corrected chi connectivity index (χ2v) is 6.40. The largest absolute Gasteiger partial charge is 0.397 e. The van der Waals surface area contributed by atoms with Gasteiger partial charge >= 0.3 is 0 Å². The second kappa shape index (κ2) is 8.59. The van der Waals surface area contributed by atoms with E-state index in [0.717, 1.165) is 11.3 Å². The van der Waals surface area contributed by atoms with Crippen LogP contribution in [0.5, 0.6) is 0 Å². The fraction of sp³-hybridized carbons (Fsp3) is 0.190. The smallest absolute Gasteiger partial charge is 0.125 e. The maximum absolute atomic E-state index is 6.19. The van der Waals surface area contributed by atoms with E-state index in [1.54, 1.807) is 0 Å². The third kappa shape index (κ3) is 4.46. The molecular formula is C21H25ClN4. The first-order chi connectivity index (χ1) is 12.0. The molecule has 0 aromatic heterocycles. The van der Waals surface area contributed by atoms with E-state index in [2.05, 4.69) is 52.8 Å². The first-order valence-corrected chi connectivity index (χ1v) is 8.48. The lowest BCUT2D eigenvalue weighted by Gasteiger charge is -2.13. The van der Waals surface area contributed by atoms with Gasteiger partial charge in [-0.2, -0.15) is 0 Å². The third-order valence-electron chi connectivity index (χ3n) is 4.09.